The average Bonchev–Trinajstić information content (AvgIpc) is 2.35. The first-order valence-corrected chi connectivity index (χ1v) is 6.61. The van der Waals surface area contributed by atoms with Gasteiger partial charge in [0.05, 0.1) is 28.9 Å². The molecule has 0 aliphatic rings. The van der Waals surface area contributed by atoms with Crippen LogP contribution in [0.3, 0.4) is 0 Å². The van der Waals surface area contributed by atoms with Gasteiger partial charge in [0.15, 0.2) is 0 Å². The molecule has 1 amide bonds. The molecule has 1 N–H and O–H groups in total. The van der Waals surface area contributed by atoms with E-state index >= 15 is 0 Å². The molecule has 0 saturated carbocycles. The van der Waals surface area contributed by atoms with Crippen LogP contribution >= 0.6 is 39.1 Å². The first-order valence-electron chi connectivity index (χ1n) is 5.06. The van der Waals surface area contributed by atoms with Crippen molar-refractivity contribution >= 4 is 50.7 Å². The van der Waals surface area contributed by atoms with Crippen LogP contribution in [0.2, 0.25) is 10.0 Å². The summed E-state index contributed by atoms with van der Waals surface area (Å²) in [4.78, 5) is 11.5. The van der Waals surface area contributed by atoms with E-state index in [-0.39, 0.29) is 17.5 Å². The van der Waals surface area contributed by atoms with Gasteiger partial charge >= 0.3 is 0 Å². The van der Waals surface area contributed by atoms with Gasteiger partial charge in [0, 0.05) is 11.6 Å². The van der Waals surface area contributed by atoms with Gasteiger partial charge in [-0.3, -0.25) is 4.79 Å². The summed E-state index contributed by atoms with van der Waals surface area (Å²) >= 11 is 15.2. The molecule has 0 radical (unpaired) electrons. The van der Waals surface area contributed by atoms with E-state index in [0.717, 1.165) is 0 Å². The van der Waals surface area contributed by atoms with Crippen molar-refractivity contribution in [3.8, 4) is 0 Å². The van der Waals surface area contributed by atoms with E-state index < -0.39 is 0 Å². The van der Waals surface area contributed by atoms with Crippen LogP contribution in [0, 0.1) is 0 Å². The molecule has 0 aliphatic heterocycles. The Morgan fingerprint density at radius 1 is 1.33 bits per heavy atom. The Balaban J connectivity index is 2.52. The maximum absolute atomic E-state index is 11.5. The fourth-order valence-electron chi connectivity index (χ4n) is 1.12. The minimum atomic E-state index is -0.300. The van der Waals surface area contributed by atoms with Crippen molar-refractivity contribution in [1.29, 1.82) is 0 Å². The second-order valence-corrected chi connectivity index (χ2v) is 4.93. The van der Waals surface area contributed by atoms with Gasteiger partial charge in [-0.15, -0.1) is 0 Å². The predicted octanol–water partition coefficient (Wildman–Crippen LogP) is 3.36. The summed E-state index contributed by atoms with van der Waals surface area (Å²) in [5.74, 6) is -0.300. The molecule has 0 atom stereocenters. The number of amides is 1. The molecule has 1 aromatic rings. The lowest BCUT2D eigenvalue weighted by molar-refractivity contribution is -0.121. The van der Waals surface area contributed by atoms with Gasteiger partial charge in [-0.1, -0.05) is 23.2 Å². The highest BCUT2D eigenvalue weighted by atomic mass is 79.9. The molecule has 0 fully saturated rings. The quantitative estimate of drug-likeness (QED) is 0.628. The van der Waals surface area contributed by atoms with Crippen LogP contribution in [0.5, 0.6) is 0 Å². The molecule has 0 heterocycles. The summed E-state index contributed by atoms with van der Waals surface area (Å²) in [6, 6.07) is 3.36. The molecule has 0 unspecified atom stereocenters. The number of benzene rings is 1. The maximum atomic E-state index is 11.5. The summed E-state index contributed by atoms with van der Waals surface area (Å²) < 4.78 is 10.5. The number of methoxy groups -OCH3 is 1. The predicted molar refractivity (Wildman–Crippen MR) is 75.5 cm³/mol. The topological polar surface area (TPSA) is 47.6 Å². The van der Waals surface area contributed by atoms with Crippen molar-refractivity contribution in [2.45, 2.75) is 0 Å². The Bertz CT molecular complexity index is 429. The highest BCUT2D eigenvalue weighted by Crippen LogP contribution is 2.35. The van der Waals surface area contributed by atoms with Gasteiger partial charge in [0.1, 0.15) is 6.61 Å². The Kier molecular flexibility index (Phi) is 6.96. The highest BCUT2D eigenvalue weighted by molar-refractivity contribution is 9.10. The molecule has 0 saturated heterocycles. The van der Waals surface area contributed by atoms with Crippen molar-refractivity contribution < 1.29 is 14.3 Å². The van der Waals surface area contributed by atoms with Gasteiger partial charge < -0.3 is 14.8 Å². The zero-order chi connectivity index (χ0) is 13.5. The van der Waals surface area contributed by atoms with E-state index in [1.165, 1.54) is 0 Å². The maximum Gasteiger partial charge on any atom is 0.250 e. The number of hydrogen-bond donors (Lipinski definition) is 1. The SMILES string of the molecule is COCCOCC(=O)Nc1ccc(Br)c(Cl)c1Cl. The Hall–Kier alpha value is -0.330. The molecule has 7 heteroatoms. The fourth-order valence-corrected chi connectivity index (χ4v) is 1.94. The van der Waals surface area contributed by atoms with Crippen LogP contribution in [0.4, 0.5) is 5.69 Å². The van der Waals surface area contributed by atoms with E-state index in [1.807, 2.05) is 0 Å². The zero-order valence-electron chi connectivity index (χ0n) is 9.63. The standard InChI is InChI=1S/C11H12BrCl2NO3/c1-17-4-5-18-6-9(16)15-8-3-2-7(12)10(13)11(8)14/h2-3H,4-6H2,1H3,(H,15,16). The molecule has 0 aliphatic carbocycles. The van der Waals surface area contributed by atoms with E-state index in [2.05, 4.69) is 21.2 Å². The monoisotopic (exact) mass is 355 g/mol. The average molecular weight is 357 g/mol. The van der Waals surface area contributed by atoms with Crippen molar-refractivity contribution in [1.82, 2.24) is 0 Å². The summed E-state index contributed by atoms with van der Waals surface area (Å²) in [6.07, 6.45) is 0. The van der Waals surface area contributed by atoms with Gasteiger partial charge in [-0.05, 0) is 28.1 Å². The molecule has 100 valence electrons. The Morgan fingerprint density at radius 2 is 2.06 bits per heavy atom. The number of nitrogens with one attached hydrogen (secondary N) is 1. The summed E-state index contributed by atoms with van der Waals surface area (Å²) in [6.45, 7) is 0.740. The summed E-state index contributed by atoms with van der Waals surface area (Å²) in [5, 5.41) is 3.26. The molecular formula is C11H12BrCl2NO3. The van der Waals surface area contributed by atoms with E-state index in [4.69, 9.17) is 32.7 Å². The smallest absolute Gasteiger partial charge is 0.250 e. The molecule has 0 aromatic heterocycles. The van der Waals surface area contributed by atoms with Gasteiger partial charge in [-0.25, -0.2) is 0 Å². The van der Waals surface area contributed by atoms with Crippen molar-refractivity contribution in [2.75, 3.05) is 32.2 Å². The first-order chi connectivity index (χ1) is 8.56. The summed E-state index contributed by atoms with van der Waals surface area (Å²) in [7, 11) is 1.56. The second-order valence-electron chi connectivity index (χ2n) is 3.32. The van der Waals surface area contributed by atoms with E-state index in [0.29, 0.717) is 28.4 Å². The normalized spacial score (nSPS) is 10.4. The van der Waals surface area contributed by atoms with Crippen molar-refractivity contribution in [3.05, 3.63) is 26.7 Å². The zero-order valence-corrected chi connectivity index (χ0v) is 12.7. The molecule has 0 spiro atoms. The van der Waals surface area contributed by atoms with Crippen LogP contribution in [0.15, 0.2) is 16.6 Å². The molecule has 1 aromatic carbocycles. The van der Waals surface area contributed by atoms with Crippen LogP contribution < -0.4 is 5.32 Å². The molecular weight excluding hydrogens is 345 g/mol. The molecule has 1 rings (SSSR count). The number of halogens is 3. The highest BCUT2D eigenvalue weighted by Gasteiger charge is 2.11. The van der Waals surface area contributed by atoms with Crippen LogP contribution in [0.1, 0.15) is 0 Å². The third-order valence-electron chi connectivity index (χ3n) is 1.97. The third kappa shape index (κ3) is 4.74. The number of carbonyl (C=O) groups excluding carboxylic acids is 1. The molecule has 4 nitrogen and oxygen atoms in total. The first kappa shape index (κ1) is 15.7. The van der Waals surface area contributed by atoms with Gasteiger partial charge in [0.25, 0.3) is 0 Å². The number of rotatable bonds is 6. The van der Waals surface area contributed by atoms with Crippen LogP contribution in [-0.2, 0) is 14.3 Å². The second kappa shape index (κ2) is 7.96. The lowest BCUT2D eigenvalue weighted by Gasteiger charge is -2.09. The Labute approximate surface area is 124 Å². The molecule has 0 bridgehead atoms. The Morgan fingerprint density at radius 3 is 2.72 bits per heavy atom. The van der Waals surface area contributed by atoms with Crippen molar-refractivity contribution in [3.63, 3.8) is 0 Å². The third-order valence-corrected chi connectivity index (χ3v) is 3.75. The minimum Gasteiger partial charge on any atom is -0.382 e. The van der Waals surface area contributed by atoms with Crippen molar-refractivity contribution in [2.24, 2.45) is 0 Å². The van der Waals surface area contributed by atoms with E-state index in [1.54, 1.807) is 19.2 Å². The van der Waals surface area contributed by atoms with Crippen LogP contribution in [0.25, 0.3) is 0 Å². The lowest BCUT2D eigenvalue weighted by Crippen LogP contribution is -2.19. The van der Waals surface area contributed by atoms with Gasteiger partial charge in [-0.2, -0.15) is 0 Å². The molecule has 18 heavy (non-hydrogen) atoms. The fraction of sp³-hybridized carbons (Fsp3) is 0.364. The van der Waals surface area contributed by atoms with Gasteiger partial charge in [0.2, 0.25) is 5.91 Å². The number of anilines is 1. The largest absolute Gasteiger partial charge is 0.382 e. The van der Waals surface area contributed by atoms with Crippen LogP contribution in [-0.4, -0.2) is 32.8 Å². The van der Waals surface area contributed by atoms with E-state index in [9.17, 15) is 4.79 Å². The number of ether oxygens (including phenoxy) is 2. The summed E-state index contributed by atoms with van der Waals surface area (Å²) in [5.41, 5.74) is 0.449. The number of hydrogen-bond acceptors (Lipinski definition) is 3. The lowest BCUT2D eigenvalue weighted by atomic mass is 10.3. The minimum absolute atomic E-state index is 0.0621. The number of carbonyl (C=O) groups is 1.